The van der Waals surface area contributed by atoms with Crippen molar-refractivity contribution in [3.8, 4) is 0 Å². The van der Waals surface area contributed by atoms with Gasteiger partial charge in [0.05, 0.1) is 12.0 Å². The van der Waals surface area contributed by atoms with Gasteiger partial charge in [-0.15, -0.1) is 0 Å². The van der Waals surface area contributed by atoms with Crippen molar-refractivity contribution in [2.75, 3.05) is 7.11 Å². The van der Waals surface area contributed by atoms with E-state index >= 15 is 0 Å². The minimum absolute atomic E-state index is 0.0104. The van der Waals surface area contributed by atoms with E-state index in [0.717, 1.165) is 19.3 Å². The van der Waals surface area contributed by atoms with E-state index in [2.05, 4.69) is 25.7 Å². The van der Waals surface area contributed by atoms with Crippen LogP contribution in [0.2, 0.25) is 0 Å². The zero-order valence-electron chi connectivity index (χ0n) is 12.6. The molecular formula is C15H29NO2. The van der Waals surface area contributed by atoms with Crippen LogP contribution in [-0.2, 0) is 9.53 Å². The summed E-state index contributed by atoms with van der Waals surface area (Å²) in [6.45, 7) is 8.45. The minimum atomic E-state index is 0.0104. The number of likely N-dealkylation sites (tertiary alicyclic amines) is 1. The van der Waals surface area contributed by atoms with Gasteiger partial charge in [-0.3, -0.25) is 4.79 Å². The maximum absolute atomic E-state index is 12.8. The van der Waals surface area contributed by atoms with Crippen molar-refractivity contribution in [2.24, 2.45) is 5.92 Å². The van der Waals surface area contributed by atoms with Crippen LogP contribution < -0.4 is 0 Å². The molecule has 0 saturated carbocycles. The van der Waals surface area contributed by atoms with E-state index in [1.54, 1.807) is 7.11 Å². The third-order valence-corrected chi connectivity index (χ3v) is 4.51. The van der Waals surface area contributed by atoms with Crippen molar-refractivity contribution >= 4 is 5.91 Å². The molecule has 1 aliphatic rings. The van der Waals surface area contributed by atoms with Crippen LogP contribution in [0.4, 0.5) is 0 Å². The molecule has 1 rings (SSSR count). The molecule has 3 heteroatoms. The van der Waals surface area contributed by atoms with E-state index in [1.807, 2.05) is 6.92 Å². The average Bonchev–Trinajstić information content (AvgIpc) is 2.81. The van der Waals surface area contributed by atoms with E-state index in [4.69, 9.17) is 4.74 Å². The lowest BCUT2D eigenvalue weighted by atomic mass is 9.97. The Morgan fingerprint density at radius 3 is 2.06 bits per heavy atom. The third kappa shape index (κ3) is 3.05. The van der Waals surface area contributed by atoms with Gasteiger partial charge in [-0.2, -0.15) is 0 Å². The fourth-order valence-electron chi connectivity index (χ4n) is 3.19. The Morgan fingerprint density at radius 2 is 1.72 bits per heavy atom. The van der Waals surface area contributed by atoms with E-state index in [-0.39, 0.29) is 12.0 Å². The molecule has 106 valence electrons. The summed E-state index contributed by atoms with van der Waals surface area (Å²) in [6.07, 6.45) is 5.34. The largest absolute Gasteiger partial charge is 0.381 e. The van der Waals surface area contributed by atoms with Crippen molar-refractivity contribution in [3.63, 3.8) is 0 Å². The predicted molar refractivity (Wildman–Crippen MR) is 74.5 cm³/mol. The van der Waals surface area contributed by atoms with Crippen molar-refractivity contribution in [2.45, 2.75) is 78.0 Å². The van der Waals surface area contributed by atoms with Gasteiger partial charge in [0.1, 0.15) is 0 Å². The molecule has 4 atom stereocenters. The van der Waals surface area contributed by atoms with E-state index in [1.165, 1.54) is 12.8 Å². The summed E-state index contributed by atoms with van der Waals surface area (Å²) < 4.78 is 5.37. The normalized spacial score (nSPS) is 27.3. The highest BCUT2D eigenvalue weighted by molar-refractivity contribution is 5.80. The molecule has 0 bridgehead atoms. The van der Waals surface area contributed by atoms with Crippen molar-refractivity contribution < 1.29 is 9.53 Å². The quantitative estimate of drug-likeness (QED) is 0.729. The topological polar surface area (TPSA) is 29.5 Å². The molecule has 1 saturated heterocycles. The Bertz CT molecular complexity index is 255. The minimum Gasteiger partial charge on any atom is -0.381 e. The van der Waals surface area contributed by atoms with Gasteiger partial charge in [0.15, 0.2) is 0 Å². The maximum Gasteiger partial charge on any atom is 0.228 e. The molecule has 0 spiro atoms. The van der Waals surface area contributed by atoms with Gasteiger partial charge in [-0.25, -0.2) is 0 Å². The lowest BCUT2D eigenvalue weighted by Gasteiger charge is -2.34. The zero-order valence-corrected chi connectivity index (χ0v) is 12.6. The fourth-order valence-corrected chi connectivity index (χ4v) is 3.19. The number of carbonyl (C=O) groups is 1. The molecular weight excluding hydrogens is 226 g/mol. The van der Waals surface area contributed by atoms with Gasteiger partial charge in [0, 0.05) is 19.2 Å². The molecule has 3 unspecified atom stereocenters. The van der Waals surface area contributed by atoms with Crippen LogP contribution in [0.5, 0.6) is 0 Å². The molecule has 0 aromatic rings. The molecule has 1 fully saturated rings. The zero-order chi connectivity index (χ0) is 13.7. The molecule has 1 amide bonds. The summed E-state index contributed by atoms with van der Waals surface area (Å²) >= 11 is 0. The first-order chi connectivity index (χ1) is 8.60. The van der Waals surface area contributed by atoms with Crippen LogP contribution in [0.15, 0.2) is 0 Å². The Morgan fingerprint density at radius 1 is 1.22 bits per heavy atom. The number of ether oxygens (including phenoxy) is 1. The number of methoxy groups -OCH3 is 1. The van der Waals surface area contributed by atoms with E-state index < -0.39 is 0 Å². The number of hydrogen-bond acceptors (Lipinski definition) is 2. The van der Waals surface area contributed by atoms with Crippen LogP contribution in [0.1, 0.15) is 59.8 Å². The Labute approximate surface area is 112 Å². The fraction of sp³-hybridized carbons (Fsp3) is 0.933. The molecule has 0 aromatic heterocycles. The monoisotopic (exact) mass is 255 g/mol. The SMILES string of the molecule is CCC(C(=O)N1C(CC)CC[C@H]1CC)C(C)OC. The highest BCUT2D eigenvalue weighted by Crippen LogP contribution is 2.31. The average molecular weight is 255 g/mol. The van der Waals surface area contributed by atoms with Gasteiger partial charge in [-0.1, -0.05) is 20.8 Å². The second kappa shape index (κ2) is 7.13. The van der Waals surface area contributed by atoms with Crippen LogP contribution in [0.25, 0.3) is 0 Å². The number of amides is 1. The van der Waals surface area contributed by atoms with E-state index in [9.17, 15) is 4.79 Å². The van der Waals surface area contributed by atoms with Gasteiger partial charge in [-0.05, 0) is 39.0 Å². The lowest BCUT2D eigenvalue weighted by Crippen LogP contribution is -2.46. The Balaban J connectivity index is 2.83. The van der Waals surface area contributed by atoms with Crippen LogP contribution in [0, 0.1) is 5.92 Å². The van der Waals surface area contributed by atoms with E-state index in [0.29, 0.717) is 18.0 Å². The summed E-state index contributed by atoms with van der Waals surface area (Å²) in [7, 11) is 1.69. The van der Waals surface area contributed by atoms with Crippen LogP contribution >= 0.6 is 0 Å². The van der Waals surface area contributed by atoms with Gasteiger partial charge < -0.3 is 9.64 Å². The van der Waals surface area contributed by atoms with Gasteiger partial charge >= 0.3 is 0 Å². The summed E-state index contributed by atoms with van der Waals surface area (Å²) in [5, 5.41) is 0. The van der Waals surface area contributed by atoms with Crippen LogP contribution in [-0.4, -0.2) is 36.1 Å². The molecule has 0 aromatic carbocycles. The summed E-state index contributed by atoms with van der Waals surface area (Å²) in [6, 6.07) is 0.890. The Hall–Kier alpha value is -0.570. The molecule has 0 aliphatic carbocycles. The summed E-state index contributed by atoms with van der Waals surface area (Å²) in [5.74, 6) is 0.319. The van der Waals surface area contributed by atoms with Gasteiger partial charge in [0.25, 0.3) is 0 Å². The van der Waals surface area contributed by atoms with Crippen molar-refractivity contribution in [3.05, 3.63) is 0 Å². The first-order valence-corrected chi connectivity index (χ1v) is 7.45. The molecule has 1 aliphatic heterocycles. The standard InChI is InChI=1S/C15H29NO2/c1-6-12-9-10-13(7-2)16(12)15(17)14(8-3)11(4)18-5/h11-14H,6-10H2,1-5H3/t11?,12-,13?,14?/m1/s1. The first kappa shape index (κ1) is 15.5. The van der Waals surface area contributed by atoms with Crippen molar-refractivity contribution in [1.82, 2.24) is 4.90 Å². The second-order valence-corrected chi connectivity index (χ2v) is 5.40. The smallest absolute Gasteiger partial charge is 0.228 e. The molecule has 3 nitrogen and oxygen atoms in total. The van der Waals surface area contributed by atoms with Crippen LogP contribution in [0.3, 0.4) is 0 Å². The first-order valence-electron chi connectivity index (χ1n) is 7.45. The number of carbonyl (C=O) groups excluding carboxylic acids is 1. The summed E-state index contributed by atoms with van der Waals surface area (Å²) in [4.78, 5) is 14.9. The number of rotatable bonds is 6. The molecule has 18 heavy (non-hydrogen) atoms. The number of hydrogen-bond donors (Lipinski definition) is 0. The second-order valence-electron chi connectivity index (χ2n) is 5.40. The molecule has 0 radical (unpaired) electrons. The van der Waals surface area contributed by atoms with Gasteiger partial charge in [0.2, 0.25) is 5.91 Å². The summed E-state index contributed by atoms with van der Waals surface area (Å²) in [5.41, 5.74) is 0. The third-order valence-electron chi connectivity index (χ3n) is 4.51. The lowest BCUT2D eigenvalue weighted by molar-refractivity contribution is -0.143. The highest BCUT2D eigenvalue weighted by Gasteiger charge is 2.38. The highest BCUT2D eigenvalue weighted by atomic mass is 16.5. The predicted octanol–water partition coefficient (Wildman–Crippen LogP) is 3.23. The molecule has 1 heterocycles. The maximum atomic E-state index is 12.8. The molecule has 0 N–H and O–H groups in total. The number of nitrogens with zero attached hydrogens (tertiary/aromatic N) is 1. The van der Waals surface area contributed by atoms with Crippen molar-refractivity contribution in [1.29, 1.82) is 0 Å². The Kier molecular flexibility index (Phi) is 6.13.